The molecule has 2 aliphatic rings. The van der Waals surface area contributed by atoms with E-state index in [1.54, 1.807) is 26.4 Å². The molecule has 0 bridgehead atoms. The van der Waals surface area contributed by atoms with Crippen LogP contribution in [0.15, 0.2) is 18.2 Å². The van der Waals surface area contributed by atoms with Crippen molar-refractivity contribution < 1.29 is 19.0 Å². The fourth-order valence-corrected chi connectivity index (χ4v) is 3.50. The van der Waals surface area contributed by atoms with Crippen LogP contribution in [0, 0.1) is 0 Å². The van der Waals surface area contributed by atoms with Crippen molar-refractivity contribution in [3.05, 3.63) is 23.8 Å². The smallest absolute Gasteiger partial charge is 0.261 e. The number of ether oxygens (including phenoxy) is 3. The number of piperazine rings is 1. The molecular weight excluding hydrogens is 334 g/mol. The Kier molecular flexibility index (Phi) is 6.71. The minimum Gasteiger partial charge on any atom is -0.496 e. The van der Waals surface area contributed by atoms with Gasteiger partial charge in [0.15, 0.2) is 0 Å². The fourth-order valence-electron chi connectivity index (χ4n) is 3.50. The highest BCUT2D eigenvalue weighted by Crippen LogP contribution is 2.29. The summed E-state index contributed by atoms with van der Waals surface area (Å²) in [5.41, 5.74) is 0.513. The number of morpholine rings is 1. The van der Waals surface area contributed by atoms with E-state index in [1.165, 1.54) is 0 Å². The first kappa shape index (κ1) is 18.9. The van der Waals surface area contributed by atoms with E-state index in [0.717, 1.165) is 65.6 Å². The summed E-state index contributed by atoms with van der Waals surface area (Å²) in [6, 6.07) is 5.43. The number of nitrogens with zero attached hydrogens (tertiary/aromatic N) is 3. The van der Waals surface area contributed by atoms with E-state index < -0.39 is 0 Å². The molecule has 1 amide bonds. The first-order chi connectivity index (χ1) is 12.7. The van der Waals surface area contributed by atoms with Gasteiger partial charge in [-0.2, -0.15) is 0 Å². The first-order valence-corrected chi connectivity index (χ1v) is 9.25. The van der Waals surface area contributed by atoms with E-state index in [-0.39, 0.29) is 5.91 Å². The topological polar surface area (TPSA) is 54.5 Å². The molecule has 0 unspecified atom stereocenters. The molecule has 0 aliphatic carbocycles. The molecule has 7 nitrogen and oxygen atoms in total. The SMILES string of the molecule is COc1cccc(OC)c1C(=O)N1CCN(CCN2CCOCC2)CC1. The molecule has 3 rings (SSSR count). The van der Waals surface area contributed by atoms with Crippen molar-refractivity contribution in [3.8, 4) is 11.5 Å². The summed E-state index contributed by atoms with van der Waals surface area (Å²) in [7, 11) is 3.16. The highest BCUT2D eigenvalue weighted by Gasteiger charge is 2.27. The van der Waals surface area contributed by atoms with Crippen molar-refractivity contribution in [2.24, 2.45) is 0 Å². The molecule has 0 N–H and O–H groups in total. The van der Waals surface area contributed by atoms with Crippen LogP contribution in [0.3, 0.4) is 0 Å². The Morgan fingerprint density at radius 1 is 0.923 bits per heavy atom. The average Bonchev–Trinajstić information content (AvgIpc) is 2.72. The highest BCUT2D eigenvalue weighted by atomic mass is 16.5. The Morgan fingerprint density at radius 2 is 1.46 bits per heavy atom. The Bertz CT molecular complexity index is 574. The maximum Gasteiger partial charge on any atom is 0.261 e. The van der Waals surface area contributed by atoms with E-state index in [4.69, 9.17) is 14.2 Å². The van der Waals surface area contributed by atoms with Crippen molar-refractivity contribution in [1.29, 1.82) is 0 Å². The molecule has 2 heterocycles. The predicted octanol–water partition coefficient (Wildman–Crippen LogP) is 0.794. The molecule has 7 heteroatoms. The fraction of sp³-hybridized carbons (Fsp3) is 0.632. The lowest BCUT2D eigenvalue weighted by Gasteiger charge is -2.36. The lowest BCUT2D eigenvalue weighted by molar-refractivity contribution is 0.0293. The van der Waals surface area contributed by atoms with Crippen molar-refractivity contribution in [2.75, 3.05) is 79.8 Å². The molecule has 0 saturated carbocycles. The van der Waals surface area contributed by atoms with Crippen LogP contribution in [0.4, 0.5) is 0 Å². The second-order valence-corrected chi connectivity index (χ2v) is 6.63. The maximum absolute atomic E-state index is 13.0. The van der Waals surface area contributed by atoms with Gasteiger partial charge in [-0.05, 0) is 12.1 Å². The van der Waals surface area contributed by atoms with E-state index in [0.29, 0.717) is 17.1 Å². The van der Waals surface area contributed by atoms with Crippen molar-refractivity contribution in [2.45, 2.75) is 0 Å². The Balaban J connectivity index is 1.54. The molecule has 0 radical (unpaired) electrons. The third kappa shape index (κ3) is 4.47. The van der Waals surface area contributed by atoms with Crippen LogP contribution < -0.4 is 9.47 Å². The van der Waals surface area contributed by atoms with E-state index in [2.05, 4.69) is 9.80 Å². The van der Waals surface area contributed by atoms with E-state index in [9.17, 15) is 4.79 Å². The maximum atomic E-state index is 13.0. The zero-order valence-electron chi connectivity index (χ0n) is 15.8. The number of hydrogen-bond donors (Lipinski definition) is 0. The van der Waals surface area contributed by atoms with Gasteiger partial charge in [0.2, 0.25) is 0 Å². The quantitative estimate of drug-likeness (QED) is 0.745. The highest BCUT2D eigenvalue weighted by molar-refractivity contribution is 5.99. The second kappa shape index (κ2) is 9.21. The molecular formula is C19H29N3O4. The van der Waals surface area contributed by atoms with E-state index in [1.807, 2.05) is 11.0 Å². The molecule has 0 aromatic heterocycles. The van der Waals surface area contributed by atoms with Crippen LogP contribution in [0.25, 0.3) is 0 Å². The van der Waals surface area contributed by atoms with Gasteiger partial charge in [0.25, 0.3) is 5.91 Å². The van der Waals surface area contributed by atoms with Gasteiger partial charge in [0.1, 0.15) is 17.1 Å². The largest absolute Gasteiger partial charge is 0.496 e. The summed E-state index contributed by atoms with van der Waals surface area (Å²) in [5.74, 6) is 1.10. The minimum absolute atomic E-state index is 0.0212. The average molecular weight is 363 g/mol. The Labute approximate surface area is 155 Å². The number of carbonyl (C=O) groups excluding carboxylic acids is 1. The standard InChI is InChI=1S/C19H29N3O4/c1-24-16-4-3-5-17(25-2)18(16)19(23)22-10-8-20(9-11-22)6-7-21-12-14-26-15-13-21/h3-5H,6-15H2,1-2H3. The van der Waals surface area contributed by atoms with Gasteiger partial charge in [0.05, 0.1) is 27.4 Å². The van der Waals surface area contributed by atoms with Gasteiger partial charge in [0, 0.05) is 52.4 Å². The predicted molar refractivity (Wildman–Crippen MR) is 99.1 cm³/mol. The molecule has 1 aromatic rings. The molecule has 1 aromatic carbocycles. The summed E-state index contributed by atoms with van der Waals surface area (Å²) in [5, 5.41) is 0. The molecule has 0 atom stereocenters. The number of benzene rings is 1. The molecule has 0 spiro atoms. The monoisotopic (exact) mass is 363 g/mol. The Morgan fingerprint density at radius 3 is 2.00 bits per heavy atom. The molecule has 2 fully saturated rings. The molecule has 2 aliphatic heterocycles. The van der Waals surface area contributed by atoms with Crippen LogP contribution in [-0.4, -0.2) is 100 Å². The summed E-state index contributed by atoms with van der Waals surface area (Å²) >= 11 is 0. The summed E-state index contributed by atoms with van der Waals surface area (Å²) in [4.78, 5) is 19.8. The number of hydrogen-bond acceptors (Lipinski definition) is 6. The van der Waals surface area contributed by atoms with Crippen molar-refractivity contribution >= 4 is 5.91 Å². The zero-order chi connectivity index (χ0) is 18.4. The third-order valence-electron chi connectivity index (χ3n) is 5.14. The van der Waals surface area contributed by atoms with Gasteiger partial charge in [-0.1, -0.05) is 6.07 Å². The summed E-state index contributed by atoms with van der Waals surface area (Å²) in [6.07, 6.45) is 0. The van der Waals surface area contributed by atoms with Gasteiger partial charge in [-0.25, -0.2) is 0 Å². The van der Waals surface area contributed by atoms with Crippen LogP contribution in [-0.2, 0) is 4.74 Å². The number of rotatable bonds is 6. The number of methoxy groups -OCH3 is 2. The molecule has 144 valence electrons. The molecule has 2 saturated heterocycles. The second-order valence-electron chi connectivity index (χ2n) is 6.63. The van der Waals surface area contributed by atoms with Crippen LogP contribution in [0.5, 0.6) is 11.5 Å². The first-order valence-electron chi connectivity index (χ1n) is 9.25. The van der Waals surface area contributed by atoms with Gasteiger partial charge in [-0.3, -0.25) is 14.6 Å². The Hall–Kier alpha value is -1.83. The van der Waals surface area contributed by atoms with Gasteiger partial charge in [-0.15, -0.1) is 0 Å². The van der Waals surface area contributed by atoms with Gasteiger partial charge >= 0.3 is 0 Å². The minimum atomic E-state index is -0.0212. The van der Waals surface area contributed by atoms with Crippen LogP contribution >= 0.6 is 0 Å². The van der Waals surface area contributed by atoms with Crippen LogP contribution in [0.2, 0.25) is 0 Å². The summed E-state index contributed by atoms with van der Waals surface area (Å²) in [6.45, 7) is 9.06. The lowest BCUT2D eigenvalue weighted by Crippen LogP contribution is -2.51. The zero-order valence-corrected chi connectivity index (χ0v) is 15.8. The number of carbonyl (C=O) groups is 1. The van der Waals surface area contributed by atoms with Crippen LogP contribution in [0.1, 0.15) is 10.4 Å². The summed E-state index contributed by atoms with van der Waals surface area (Å²) < 4.78 is 16.1. The normalized spacial score (nSPS) is 19.4. The molecule has 26 heavy (non-hydrogen) atoms. The van der Waals surface area contributed by atoms with E-state index >= 15 is 0 Å². The van der Waals surface area contributed by atoms with Gasteiger partial charge < -0.3 is 19.1 Å². The number of amides is 1. The third-order valence-corrected chi connectivity index (χ3v) is 5.14. The van der Waals surface area contributed by atoms with Crippen molar-refractivity contribution in [3.63, 3.8) is 0 Å². The lowest BCUT2D eigenvalue weighted by atomic mass is 10.1. The van der Waals surface area contributed by atoms with Crippen molar-refractivity contribution in [1.82, 2.24) is 14.7 Å².